The van der Waals surface area contributed by atoms with E-state index in [0.717, 1.165) is 43.9 Å². The molecule has 8 heteroatoms. The van der Waals surface area contributed by atoms with Crippen LogP contribution in [0.15, 0.2) is 47.7 Å². The summed E-state index contributed by atoms with van der Waals surface area (Å²) in [7, 11) is 0. The lowest BCUT2D eigenvalue weighted by molar-refractivity contribution is 0.187. The minimum Gasteiger partial charge on any atom is -0.381 e. The van der Waals surface area contributed by atoms with Gasteiger partial charge in [-0.1, -0.05) is 31.7 Å². The minimum atomic E-state index is -0.569. The van der Waals surface area contributed by atoms with Crippen molar-refractivity contribution in [3.8, 4) is 0 Å². The Balaban J connectivity index is 0.00000228. The maximum atomic E-state index is 14.5. The van der Waals surface area contributed by atoms with E-state index >= 15 is 0 Å². The number of anilines is 2. The van der Waals surface area contributed by atoms with Gasteiger partial charge in [0, 0.05) is 30.9 Å². The van der Waals surface area contributed by atoms with Crippen molar-refractivity contribution in [1.29, 1.82) is 0 Å². The Morgan fingerprint density at radius 3 is 2.67 bits per heavy atom. The normalized spacial score (nSPS) is 20.2. The highest BCUT2D eigenvalue weighted by molar-refractivity contribution is 6.14. The SMILES string of the molecule is C.Nc1nccc(C2=NCc3nc(N4CCC5(CC4)Cc4ccccc4[C@H]5N)cnc32)c1F. The fourth-order valence-corrected chi connectivity index (χ4v) is 5.45. The van der Waals surface area contributed by atoms with Gasteiger partial charge in [0.25, 0.3) is 0 Å². The summed E-state index contributed by atoms with van der Waals surface area (Å²) in [4.78, 5) is 20.0. The van der Waals surface area contributed by atoms with E-state index in [1.54, 1.807) is 12.3 Å². The first-order valence-corrected chi connectivity index (χ1v) is 11.0. The number of rotatable bonds is 2. The third-order valence-corrected chi connectivity index (χ3v) is 7.29. The Bertz CT molecular complexity index is 1250. The van der Waals surface area contributed by atoms with E-state index in [1.807, 2.05) is 0 Å². The molecule has 1 aliphatic carbocycles. The number of fused-ring (bicyclic) bond motifs is 2. The number of nitrogens with zero attached hydrogens (tertiary/aromatic N) is 5. The van der Waals surface area contributed by atoms with Crippen molar-refractivity contribution in [2.45, 2.75) is 39.3 Å². The average Bonchev–Trinajstić information content (AvgIpc) is 3.35. The molecule has 1 spiro atoms. The van der Waals surface area contributed by atoms with Crippen molar-refractivity contribution in [3.63, 3.8) is 0 Å². The molecule has 6 rings (SSSR count). The second-order valence-corrected chi connectivity index (χ2v) is 8.95. The number of pyridine rings is 1. The number of nitrogen functional groups attached to an aromatic ring is 1. The predicted octanol–water partition coefficient (Wildman–Crippen LogP) is 3.42. The second kappa shape index (κ2) is 7.88. The van der Waals surface area contributed by atoms with E-state index in [1.165, 1.54) is 17.3 Å². The lowest BCUT2D eigenvalue weighted by Crippen LogP contribution is -2.44. The molecule has 2 aliphatic heterocycles. The number of hydrogen-bond acceptors (Lipinski definition) is 7. The summed E-state index contributed by atoms with van der Waals surface area (Å²) in [6.45, 7) is 2.15. The Hall–Kier alpha value is -3.39. The Morgan fingerprint density at radius 2 is 1.88 bits per heavy atom. The van der Waals surface area contributed by atoms with Crippen LogP contribution in [0.4, 0.5) is 16.0 Å². The van der Waals surface area contributed by atoms with Gasteiger partial charge in [-0.25, -0.2) is 19.3 Å². The molecule has 4 heterocycles. The van der Waals surface area contributed by atoms with Crippen LogP contribution in [-0.4, -0.2) is 33.8 Å². The minimum absolute atomic E-state index is 0. The molecule has 170 valence electrons. The number of halogens is 1. The van der Waals surface area contributed by atoms with Crippen LogP contribution in [0.2, 0.25) is 0 Å². The maximum Gasteiger partial charge on any atom is 0.174 e. The highest BCUT2D eigenvalue weighted by Crippen LogP contribution is 2.50. The summed E-state index contributed by atoms with van der Waals surface area (Å²) in [6, 6.07) is 10.2. The van der Waals surface area contributed by atoms with Crippen LogP contribution in [0.1, 0.15) is 54.4 Å². The van der Waals surface area contributed by atoms with Gasteiger partial charge in [0.1, 0.15) is 11.5 Å². The molecule has 0 unspecified atom stereocenters. The molecule has 1 saturated heterocycles. The highest BCUT2D eigenvalue weighted by Gasteiger charge is 2.46. The van der Waals surface area contributed by atoms with Crippen LogP contribution in [0.3, 0.4) is 0 Å². The molecule has 3 aliphatic rings. The molecule has 1 fully saturated rings. The third kappa shape index (κ3) is 3.28. The van der Waals surface area contributed by atoms with E-state index in [4.69, 9.17) is 16.5 Å². The lowest BCUT2D eigenvalue weighted by Gasteiger charge is -2.42. The molecular formula is C25H28FN7. The smallest absolute Gasteiger partial charge is 0.174 e. The lowest BCUT2D eigenvalue weighted by atomic mass is 9.73. The molecule has 0 bridgehead atoms. The number of benzene rings is 1. The largest absolute Gasteiger partial charge is 0.381 e. The first-order chi connectivity index (χ1) is 15.6. The molecule has 1 aromatic carbocycles. The van der Waals surface area contributed by atoms with Crippen LogP contribution >= 0.6 is 0 Å². The summed E-state index contributed by atoms with van der Waals surface area (Å²) < 4.78 is 14.5. The van der Waals surface area contributed by atoms with Crippen LogP contribution in [-0.2, 0) is 13.0 Å². The van der Waals surface area contributed by atoms with E-state index < -0.39 is 5.82 Å². The quantitative estimate of drug-likeness (QED) is 0.626. The zero-order chi connectivity index (χ0) is 21.9. The van der Waals surface area contributed by atoms with Crippen LogP contribution in [0, 0.1) is 11.2 Å². The molecule has 1 atom stereocenters. The summed E-state index contributed by atoms with van der Waals surface area (Å²) in [5, 5.41) is 0. The number of aliphatic imine (C=N–C) groups is 1. The van der Waals surface area contributed by atoms with E-state index in [2.05, 4.69) is 44.1 Å². The van der Waals surface area contributed by atoms with Gasteiger partial charge >= 0.3 is 0 Å². The van der Waals surface area contributed by atoms with Gasteiger partial charge in [0.15, 0.2) is 11.6 Å². The van der Waals surface area contributed by atoms with Crippen molar-refractivity contribution in [2.75, 3.05) is 23.7 Å². The van der Waals surface area contributed by atoms with Gasteiger partial charge < -0.3 is 16.4 Å². The van der Waals surface area contributed by atoms with Gasteiger partial charge in [-0.3, -0.25) is 4.99 Å². The zero-order valence-corrected chi connectivity index (χ0v) is 17.6. The third-order valence-electron chi connectivity index (χ3n) is 7.29. The number of piperidine rings is 1. The summed E-state index contributed by atoms with van der Waals surface area (Å²) in [6.07, 6.45) is 6.33. The Kier molecular flexibility index (Phi) is 5.12. The standard InChI is InChI=1S/C24H24FN7.CH4/c25-19-16(5-8-28-23(19)27)20-21-17(12-29-20)31-18(13-30-21)32-9-6-24(7-10-32)11-14-3-1-2-4-15(14)22(24)26;/h1-5,8,13,22H,6-7,9-12,26H2,(H2,27,28);1H4/t22-;/m1./s1. The van der Waals surface area contributed by atoms with Crippen LogP contribution in [0.5, 0.6) is 0 Å². The van der Waals surface area contributed by atoms with Crippen molar-refractivity contribution >= 4 is 17.3 Å². The molecule has 3 aromatic rings. The molecule has 0 saturated carbocycles. The monoisotopic (exact) mass is 445 g/mol. The number of hydrogen-bond donors (Lipinski definition) is 2. The number of nitrogens with two attached hydrogens (primary N) is 2. The van der Waals surface area contributed by atoms with Gasteiger partial charge in [0.2, 0.25) is 0 Å². The summed E-state index contributed by atoms with van der Waals surface area (Å²) in [5.74, 6) is 0.131. The first-order valence-electron chi connectivity index (χ1n) is 11.0. The van der Waals surface area contributed by atoms with Gasteiger partial charge in [-0.15, -0.1) is 0 Å². The van der Waals surface area contributed by atoms with Crippen LogP contribution < -0.4 is 16.4 Å². The second-order valence-electron chi connectivity index (χ2n) is 8.95. The first kappa shape index (κ1) is 21.5. The molecular weight excluding hydrogens is 417 g/mol. The zero-order valence-electron chi connectivity index (χ0n) is 17.6. The average molecular weight is 446 g/mol. The summed E-state index contributed by atoms with van der Waals surface area (Å²) in [5.41, 5.74) is 17.3. The van der Waals surface area contributed by atoms with Crippen molar-refractivity contribution in [1.82, 2.24) is 15.0 Å². The van der Waals surface area contributed by atoms with Gasteiger partial charge in [-0.2, -0.15) is 0 Å². The van der Waals surface area contributed by atoms with Crippen molar-refractivity contribution in [3.05, 3.63) is 76.6 Å². The number of aromatic nitrogens is 3. The molecule has 0 radical (unpaired) electrons. The highest BCUT2D eigenvalue weighted by atomic mass is 19.1. The Labute approximate surface area is 192 Å². The van der Waals surface area contributed by atoms with Crippen LogP contribution in [0.25, 0.3) is 0 Å². The van der Waals surface area contributed by atoms with Crippen molar-refractivity contribution in [2.24, 2.45) is 16.1 Å². The Morgan fingerprint density at radius 1 is 1.09 bits per heavy atom. The topological polar surface area (TPSA) is 106 Å². The fourth-order valence-electron chi connectivity index (χ4n) is 5.45. The van der Waals surface area contributed by atoms with Gasteiger partial charge in [0.05, 0.1) is 24.1 Å². The van der Waals surface area contributed by atoms with Crippen molar-refractivity contribution < 1.29 is 4.39 Å². The summed E-state index contributed by atoms with van der Waals surface area (Å²) >= 11 is 0. The molecule has 2 aromatic heterocycles. The molecule has 7 nitrogen and oxygen atoms in total. The van der Waals surface area contributed by atoms with E-state index in [0.29, 0.717) is 23.5 Å². The maximum absolute atomic E-state index is 14.5. The fraction of sp³-hybridized carbons (Fsp3) is 0.360. The molecule has 33 heavy (non-hydrogen) atoms. The van der Waals surface area contributed by atoms with E-state index in [-0.39, 0.29) is 24.7 Å². The predicted molar refractivity (Wildman–Crippen MR) is 128 cm³/mol. The van der Waals surface area contributed by atoms with E-state index in [9.17, 15) is 4.39 Å². The molecule has 0 amide bonds. The molecule has 4 N–H and O–H groups in total. The van der Waals surface area contributed by atoms with Gasteiger partial charge in [-0.05, 0) is 41.9 Å².